The van der Waals surface area contributed by atoms with Crippen LogP contribution in [-0.4, -0.2) is 9.55 Å². The summed E-state index contributed by atoms with van der Waals surface area (Å²) >= 11 is 10.6. The minimum atomic E-state index is -5.29. The van der Waals surface area contributed by atoms with Crippen LogP contribution in [-0.2, 0) is 18.5 Å². The highest BCUT2D eigenvalue weighted by Gasteiger charge is 2.41. The van der Waals surface area contributed by atoms with Crippen molar-refractivity contribution in [1.82, 2.24) is 9.55 Å². The molecule has 164 valence electrons. The predicted molar refractivity (Wildman–Crippen MR) is 89.6 cm³/mol. The zero-order chi connectivity index (χ0) is 23.2. The van der Waals surface area contributed by atoms with Gasteiger partial charge < -0.3 is 5.32 Å². The van der Waals surface area contributed by atoms with Crippen molar-refractivity contribution in [1.29, 1.82) is 0 Å². The molecule has 2 rings (SSSR count). The fourth-order valence-corrected chi connectivity index (χ4v) is 2.72. The van der Waals surface area contributed by atoms with Crippen molar-refractivity contribution >= 4 is 41.0 Å². The van der Waals surface area contributed by atoms with Gasteiger partial charge in [0, 0.05) is 6.20 Å². The molecule has 0 bridgehead atoms. The molecule has 1 heterocycles. The lowest BCUT2D eigenvalue weighted by Gasteiger charge is -2.20. The molecule has 0 radical (unpaired) electrons. The zero-order valence-corrected chi connectivity index (χ0v) is 15.4. The molecule has 0 fully saturated rings. The second kappa shape index (κ2) is 7.69. The lowest BCUT2D eigenvalue weighted by atomic mass is 10.1. The monoisotopic (exact) mass is 485 g/mol. The van der Waals surface area contributed by atoms with Gasteiger partial charge in [-0.3, -0.25) is 9.36 Å². The summed E-state index contributed by atoms with van der Waals surface area (Å²) in [4.78, 5) is 14.9. The van der Waals surface area contributed by atoms with Crippen LogP contribution in [0.4, 0.5) is 51.1 Å². The minimum absolute atomic E-state index is 0.0658. The molecule has 0 saturated carbocycles. The molecule has 0 saturated heterocycles. The van der Waals surface area contributed by atoms with E-state index in [9.17, 15) is 44.3 Å². The summed E-state index contributed by atoms with van der Waals surface area (Å²) in [6, 6.07) is -0.143. The number of halogens is 11. The van der Waals surface area contributed by atoms with E-state index in [4.69, 9.17) is 23.2 Å². The lowest BCUT2D eigenvalue weighted by Crippen LogP contribution is -2.26. The maximum atomic E-state index is 13.3. The molecular weight excluding hydrogens is 480 g/mol. The Bertz CT molecular complexity index is 1060. The van der Waals surface area contributed by atoms with Gasteiger partial charge in [0.15, 0.2) is 5.69 Å². The van der Waals surface area contributed by atoms with Crippen molar-refractivity contribution in [3.05, 3.63) is 55.9 Å². The van der Waals surface area contributed by atoms with Crippen LogP contribution in [0, 0.1) is 0 Å². The van der Waals surface area contributed by atoms with E-state index in [1.165, 1.54) is 0 Å². The molecule has 1 aromatic carbocycles. The fraction of sp³-hybridized carbons (Fsp3) is 0.200. The Labute approximate surface area is 170 Å². The van der Waals surface area contributed by atoms with E-state index in [1.807, 2.05) is 0 Å². The summed E-state index contributed by atoms with van der Waals surface area (Å²) in [6.07, 6.45) is -15.2. The molecule has 0 amide bonds. The summed E-state index contributed by atoms with van der Waals surface area (Å²) < 4.78 is 118. The topological polar surface area (TPSA) is 46.9 Å². The molecule has 0 unspecified atom stereocenters. The van der Waals surface area contributed by atoms with Crippen molar-refractivity contribution in [2.45, 2.75) is 18.5 Å². The maximum Gasteiger partial charge on any atom is 0.435 e. The second-order valence-corrected chi connectivity index (χ2v) is 6.24. The van der Waals surface area contributed by atoms with Gasteiger partial charge in [0.2, 0.25) is 5.95 Å². The summed E-state index contributed by atoms with van der Waals surface area (Å²) in [5.74, 6) is -1.22. The van der Waals surface area contributed by atoms with Crippen LogP contribution in [0.5, 0.6) is 0 Å². The molecule has 0 spiro atoms. The van der Waals surface area contributed by atoms with Crippen LogP contribution in [0.2, 0.25) is 10.0 Å². The van der Waals surface area contributed by atoms with E-state index < -0.39 is 62.6 Å². The molecule has 0 atom stereocenters. The SMILES string of the molecule is C=Cn1c(Nc2cc(C(F)(F)F)c(Cl)cc2C(F)(F)F)nc(C(F)(F)F)c(Cl)c1=O. The van der Waals surface area contributed by atoms with E-state index >= 15 is 0 Å². The van der Waals surface area contributed by atoms with Gasteiger partial charge in [-0.15, -0.1) is 0 Å². The maximum absolute atomic E-state index is 13.3. The first-order valence-electron chi connectivity index (χ1n) is 7.25. The van der Waals surface area contributed by atoms with Crippen LogP contribution in [0.3, 0.4) is 0 Å². The Kier molecular flexibility index (Phi) is 6.12. The Morgan fingerprint density at radius 1 is 0.933 bits per heavy atom. The molecule has 0 aliphatic rings. The summed E-state index contributed by atoms with van der Waals surface area (Å²) in [6.45, 7) is 3.09. The van der Waals surface area contributed by atoms with Gasteiger partial charge in [-0.1, -0.05) is 29.8 Å². The quantitative estimate of drug-likeness (QED) is 0.508. The van der Waals surface area contributed by atoms with Gasteiger partial charge in [0.25, 0.3) is 5.56 Å². The van der Waals surface area contributed by atoms with Gasteiger partial charge in [0.1, 0.15) is 5.02 Å². The Hall–Kier alpha value is -2.41. The van der Waals surface area contributed by atoms with Crippen LogP contribution in [0.25, 0.3) is 6.20 Å². The molecule has 2 aromatic rings. The second-order valence-electron chi connectivity index (χ2n) is 5.45. The van der Waals surface area contributed by atoms with Gasteiger partial charge >= 0.3 is 18.5 Å². The molecule has 15 heteroatoms. The first kappa shape index (κ1) is 23.9. The van der Waals surface area contributed by atoms with E-state index in [-0.39, 0.29) is 16.7 Å². The first-order chi connectivity index (χ1) is 13.5. The molecule has 0 aliphatic carbocycles. The average molecular weight is 486 g/mol. The average Bonchev–Trinajstić information content (AvgIpc) is 2.56. The number of benzene rings is 1. The minimum Gasteiger partial charge on any atom is -0.325 e. The molecule has 1 N–H and O–H groups in total. The standard InChI is InChI=1S/C15H6Cl2F9N3O/c1-2-29-11(30)9(17)10(15(24,25)26)28-12(29)27-8-4-5(13(18,19)20)7(16)3-6(8)14(21,22)23/h2-4H,1H2,(H,27,28). The third-order valence-corrected chi connectivity index (χ3v) is 4.13. The number of rotatable bonds is 3. The number of alkyl halides is 9. The van der Waals surface area contributed by atoms with Crippen LogP contribution in [0.1, 0.15) is 16.8 Å². The number of anilines is 2. The lowest BCUT2D eigenvalue weighted by molar-refractivity contribution is -0.141. The number of aromatic nitrogens is 2. The summed E-state index contributed by atoms with van der Waals surface area (Å²) in [5, 5.41) is -1.06. The highest BCUT2D eigenvalue weighted by molar-refractivity contribution is 6.31. The third-order valence-electron chi connectivity index (χ3n) is 3.48. The highest BCUT2D eigenvalue weighted by atomic mass is 35.5. The molecular formula is C15H6Cl2F9N3O. The molecule has 30 heavy (non-hydrogen) atoms. The predicted octanol–water partition coefficient (Wildman–Crippen LogP) is 6.45. The zero-order valence-electron chi connectivity index (χ0n) is 13.9. The van der Waals surface area contributed by atoms with Crippen molar-refractivity contribution in [3.63, 3.8) is 0 Å². The first-order valence-corrected chi connectivity index (χ1v) is 8.00. The van der Waals surface area contributed by atoms with E-state index in [0.29, 0.717) is 6.20 Å². The largest absolute Gasteiger partial charge is 0.435 e. The van der Waals surface area contributed by atoms with Crippen molar-refractivity contribution in [2.24, 2.45) is 0 Å². The highest BCUT2D eigenvalue weighted by Crippen LogP contribution is 2.43. The fourth-order valence-electron chi connectivity index (χ4n) is 2.21. The number of nitrogens with zero attached hydrogens (tertiary/aromatic N) is 2. The van der Waals surface area contributed by atoms with Gasteiger partial charge in [-0.2, -0.15) is 39.5 Å². The van der Waals surface area contributed by atoms with Crippen molar-refractivity contribution in [2.75, 3.05) is 5.32 Å². The van der Waals surface area contributed by atoms with E-state index in [0.717, 1.165) is 0 Å². The Morgan fingerprint density at radius 2 is 1.47 bits per heavy atom. The summed E-state index contributed by atoms with van der Waals surface area (Å²) in [7, 11) is 0. The number of hydrogen-bond donors (Lipinski definition) is 1. The van der Waals surface area contributed by atoms with E-state index in [2.05, 4.69) is 11.6 Å². The number of hydrogen-bond acceptors (Lipinski definition) is 3. The summed E-state index contributed by atoms with van der Waals surface area (Å²) in [5.41, 5.74) is -8.37. The smallest absolute Gasteiger partial charge is 0.325 e. The Balaban J connectivity index is 2.83. The van der Waals surface area contributed by atoms with Gasteiger partial charge in [0.05, 0.1) is 21.8 Å². The van der Waals surface area contributed by atoms with Crippen LogP contribution >= 0.6 is 23.2 Å². The third kappa shape index (κ3) is 4.67. The van der Waals surface area contributed by atoms with E-state index in [1.54, 1.807) is 5.32 Å². The van der Waals surface area contributed by atoms with Gasteiger partial charge in [-0.05, 0) is 12.1 Å². The van der Waals surface area contributed by atoms with Crippen LogP contribution < -0.4 is 10.9 Å². The molecule has 1 aromatic heterocycles. The number of nitrogens with one attached hydrogen (secondary N) is 1. The molecule has 0 aliphatic heterocycles. The molecule has 4 nitrogen and oxygen atoms in total. The normalized spacial score (nSPS) is 12.8. The van der Waals surface area contributed by atoms with Crippen LogP contribution in [0.15, 0.2) is 23.5 Å². The Morgan fingerprint density at radius 3 is 1.90 bits per heavy atom. The van der Waals surface area contributed by atoms with Crippen molar-refractivity contribution in [3.8, 4) is 0 Å². The van der Waals surface area contributed by atoms with Gasteiger partial charge in [-0.25, -0.2) is 4.98 Å². The van der Waals surface area contributed by atoms with Crippen molar-refractivity contribution < 1.29 is 39.5 Å².